The highest BCUT2D eigenvalue weighted by Crippen LogP contribution is 2.66. The molecule has 0 spiro atoms. The molecular formula is C45H72N4O6Si2. The molecule has 5 amide bonds. The lowest BCUT2D eigenvalue weighted by atomic mass is 9.50. The molecule has 0 unspecified atom stereocenters. The number of hydrogen-bond acceptors (Lipinski definition) is 6. The smallest absolute Gasteiger partial charge is 0.375 e. The fraction of sp³-hybridized carbons (Fsp3) is 0.711. The second-order valence-corrected chi connectivity index (χ2v) is 30.4. The van der Waals surface area contributed by atoms with E-state index in [9.17, 15) is 14.4 Å². The van der Waals surface area contributed by atoms with Crippen LogP contribution in [-0.4, -0.2) is 79.0 Å². The summed E-state index contributed by atoms with van der Waals surface area (Å²) in [5.41, 5.74) is 4.01. The van der Waals surface area contributed by atoms with E-state index in [1.165, 1.54) is 25.7 Å². The van der Waals surface area contributed by atoms with Crippen LogP contribution in [0.2, 0.25) is 36.3 Å². The molecule has 0 radical (unpaired) electrons. The number of para-hydroxylation sites is 1. The molecule has 0 aromatic heterocycles. The Labute approximate surface area is 345 Å². The van der Waals surface area contributed by atoms with Crippen molar-refractivity contribution in [2.45, 2.75) is 149 Å². The number of ether oxygens (including phenoxy) is 1. The Hall–Kier alpha value is -2.78. The summed E-state index contributed by atoms with van der Waals surface area (Å²) in [7, 11) is -0.298. The van der Waals surface area contributed by atoms with Crippen LogP contribution in [0.15, 0.2) is 63.9 Å². The number of azo groups is 1. The van der Waals surface area contributed by atoms with Crippen molar-refractivity contribution in [3.05, 3.63) is 53.6 Å². The third-order valence-electron chi connectivity index (χ3n) is 15.2. The van der Waals surface area contributed by atoms with Gasteiger partial charge in [0, 0.05) is 26.1 Å². The van der Waals surface area contributed by atoms with Gasteiger partial charge in [0.15, 0.2) is 16.6 Å². The van der Waals surface area contributed by atoms with Gasteiger partial charge in [-0.2, -0.15) is 0 Å². The van der Waals surface area contributed by atoms with Crippen molar-refractivity contribution in [3.63, 3.8) is 0 Å². The van der Waals surface area contributed by atoms with Crippen LogP contribution in [0.5, 0.6) is 0 Å². The second kappa shape index (κ2) is 16.7. The predicted octanol–water partition coefficient (Wildman–Crippen LogP) is 11.6. The number of carbonyl (C=O) groups excluding carboxylic acids is 3. The first kappa shape index (κ1) is 45.3. The van der Waals surface area contributed by atoms with E-state index in [2.05, 4.69) is 104 Å². The van der Waals surface area contributed by atoms with Crippen LogP contribution in [0.3, 0.4) is 0 Å². The molecule has 12 heteroatoms. The third-order valence-corrected chi connectivity index (χ3v) is 24.2. The van der Waals surface area contributed by atoms with Gasteiger partial charge in [-0.05, 0) is 110 Å². The maximum Gasteiger partial charge on any atom is 0.375 e. The zero-order valence-electron chi connectivity index (χ0n) is 37.5. The fourth-order valence-corrected chi connectivity index (χ4v) is 12.2. The molecule has 57 heavy (non-hydrogen) atoms. The molecule has 1 aliphatic heterocycles. The summed E-state index contributed by atoms with van der Waals surface area (Å²) in [4.78, 5) is 36.7. The first-order valence-corrected chi connectivity index (χ1v) is 27.0. The quantitative estimate of drug-likeness (QED) is 0.172. The second-order valence-electron chi connectivity index (χ2n) is 20.9. The zero-order valence-corrected chi connectivity index (χ0v) is 39.5. The number of rotatable bonds is 10. The molecule has 1 aromatic carbocycles. The lowest BCUT2D eigenvalue weighted by Gasteiger charge is -2.59. The normalized spacial score (nSPS) is 30.1. The van der Waals surface area contributed by atoms with Gasteiger partial charge in [0.25, 0.3) is 0 Å². The number of urea groups is 2. The average Bonchev–Trinajstić information content (AvgIpc) is 3.63. The molecule has 10 nitrogen and oxygen atoms in total. The van der Waals surface area contributed by atoms with Crippen molar-refractivity contribution in [1.29, 1.82) is 0 Å². The lowest BCUT2D eigenvalue weighted by Crippen LogP contribution is -2.58. The van der Waals surface area contributed by atoms with E-state index < -0.39 is 28.7 Å². The maximum atomic E-state index is 12.1. The maximum absolute atomic E-state index is 12.1. The van der Waals surface area contributed by atoms with E-state index in [-0.39, 0.29) is 39.0 Å². The van der Waals surface area contributed by atoms with Crippen molar-refractivity contribution < 1.29 is 28.0 Å². The Kier molecular flexibility index (Phi) is 13.3. The van der Waals surface area contributed by atoms with Gasteiger partial charge in [-0.25, -0.2) is 14.5 Å². The highest BCUT2D eigenvalue weighted by Gasteiger charge is 2.60. The molecule has 0 bridgehead atoms. The number of imide groups is 1. The van der Waals surface area contributed by atoms with Gasteiger partial charge in [0.05, 0.1) is 30.9 Å². The van der Waals surface area contributed by atoms with Crippen molar-refractivity contribution >= 4 is 40.3 Å². The van der Waals surface area contributed by atoms with Gasteiger partial charge in [-0.15, -0.1) is 0 Å². The number of fused-ring (bicyclic) bond motifs is 5. The number of anilines is 1. The number of carbonyl (C=O) groups is 3. The first-order valence-electron chi connectivity index (χ1n) is 21.2. The number of nitrogens with zero attached hydrogens (tertiary/aromatic N) is 4. The Balaban J connectivity index is 0.000000400. The van der Waals surface area contributed by atoms with Gasteiger partial charge in [-0.1, -0.05) is 107 Å². The monoisotopic (exact) mass is 820 g/mol. The van der Waals surface area contributed by atoms with E-state index in [0.717, 1.165) is 24.3 Å². The largest absolute Gasteiger partial charge is 0.414 e. The lowest BCUT2D eigenvalue weighted by molar-refractivity contribution is -0.130. The molecule has 5 aliphatic rings. The van der Waals surface area contributed by atoms with Crippen LogP contribution < -0.4 is 4.90 Å². The van der Waals surface area contributed by atoms with Crippen LogP contribution in [0, 0.1) is 28.6 Å². The first-order chi connectivity index (χ1) is 26.3. The van der Waals surface area contributed by atoms with Crippen LogP contribution in [-0.2, 0) is 18.4 Å². The molecule has 316 valence electrons. The fourth-order valence-electron chi connectivity index (χ4n) is 9.44. The Morgan fingerprint density at radius 2 is 1.46 bits per heavy atom. The SMILES string of the molecule is CN(C)C(=O)CCOC[C@H]1CC[C@H]2C3=CC=C4C[C@@H](O[Si](C)(C)C(C)(C)C)C[C@H](O[Si](C)(C)C(C)(C)C)[C@]4(C)[C@H]3CC[C@]12C.O=C1N=NC(=O)N1c1ccccc1. The van der Waals surface area contributed by atoms with Crippen molar-refractivity contribution in [3.8, 4) is 0 Å². The van der Waals surface area contributed by atoms with Crippen LogP contribution in [0.25, 0.3) is 0 Å². The summed E-state index contributed by atoms with van der Waals surface area (Å²) in [5.74, 6) is 1.82. The standard InChI is InChI=1S/C37H67NO4Si2.C8H5N3O2/c1-34(2,3)43(11,12)41-28-23-26-15-17-29-30-18-16-27(25-40-22-20-33(39)38(9)10)36(30,7)21-19-31(29)37(26,8)32(24-28)42-44(13,14)35(4,5)6;12-7-9-10-8(13)11(7)6-4-2-1-3-5-6/h15,17,27-28,30-32H,16,18-25H2,1-14H3;1-5H/t27-,28-,30+,31+,32+,36-,37+;/m1./s1. The minimum atomic E-state index is -2.02. The topological polar surface area (TPSA) is 110 Å². The predicted molar refractivity (Wildman–Crippen MR) is 233 cm³/mol. The van der Waals surface area contributed by atoms with E-state index in [1.54, 1.807) is 46.4 Å². The van der Waals surface area contributed by atoms with Crippen molar-refractivity contribution in [2.24, 2.45) is 38.8 Å². The van der Waals surface area contributed by atoms with E-state index in [0.29, 0.717) is 36.5 Å². The molecular weight excluding hydrogens is 749 g/mol. The molecule has 7 atom stereocenters. The molecule has 6 rings (SSSR count). The van der Waals surface area contributed by atoms with Gasteiger partial charge in [0.1, 0.15) is 0 Å². The molecule has 1 aromatic rings. The Morgan fingerprint density at radius 1 is 0.860 bits per heavy atom. The summed E-state index contributed by atoms with van der Waals surface area (Å²) in [6.07, 6.45) is 12.9. The number of amides is 5. The highest BCUT2D eigenvalue weighted by molar-refractivity contribution is 6.74. The summed E-state index contributed by atoms with van der Waals surface area (Å²) in [6.45, 7) is 30.3. The summed E-state index contributed by atoms with van der Waals surface area (Å²) in [5, 5.41) is 6.63. The molecule has 4 aliphatic carbocycles. The van der Waals surface area contributed by atoms with Crippen molar-refractivity contribution in [1.82, 2.24) is 4.90 Å². The molecule has 1 heterocycles. The van der Waals surface area contributed by atoms with Crippen LogP contribution >= 0.6 is 0 Å². The third kappa shape index (κ3) is 9.20. The molecule has 0 saturated heterocycles. The summed E-state index contributed by atoms with van der Waals surface area (Å²) < 4.78 is 20.8. The Bertz CT molecular complexity index is 1730. The van der Waals surface area contributed by atoms with Crippen LogP contribution in [0.1, 0.15) is 100 Å². The minimum absolute atomic E-state index is 0.00928. The summed E-state index contributed by atoms with van der Waals surface area (Å²) >= 11 is 0. The van der Waals surface area contributed by atoms with Gasteiger partial charge in [0.2, 0.25) is 5.91 Å². The van der Waals surface area contributed by atoms with Crippen molar-refractivity contribution in [2.75, 3.05) is 32.2 Å². The van der Waals surface area contributed by atoms with Gasteiger partial charge in [-0.3, -0.25) is 4.79 Å². The number of hydrogen-bond donors (Lipinski definition) is 0. The molecule has 0 N–H and O–H groups in total. The molecule has 3 fully saturated rings. The number of benzene rings is 1. The van der Waals surface area contributed by atoms with E-state index in [4.69, 9.17) is 13.6 Å². The van der Waals surface area contributed by atoms with E-state index >= 15 is 0 Å². The van der Waals surface area contributed by atoms with Gasteiger partial charge < -0.3 is 18.5 Å². The minimum Gasteiger partial charge on any atom is -0.414 e. The zero-order chi connectivity index (χ0) is 42.4. The number of allylic oxidation sites excluding steroid dienone is 3. The summed E-state index contributed by atoms with van der Waals surface area (Å²) in [6, 6.07) is 7.26. The van der Waals surface area contributed by atoms with Gasteiger partial charge >= 0.3 is 12.1 Å². The molecule has 3 saturated carbocycles. The highest BCUT2D eigenvalue weighted by atomic mass is 28.4. The average molecular weight is 821 g/mol. The van der Waals surface area contributed by atoms with E-state index in [1.807, 2.05) is 14.1 Å². The van der Waals surface area contributed by atoms with Crippen LogP contribution in [0.4, 0.5) is 15.3 Å². The Morgan fingerprint density at radius 3 is 2.04 bits per heavy atom.